The van der Waals surface area contributed by atoms with Crippen LogP contribution >= 0.6 is 0 Å². The number of nitrogens with zero attached hydrogens (tertiary/aromatic N) is 4. The Morgan fingerprint density at radius 1 is 1.11 bits per heavy atom. The van der Waals surface area contributed by atoms with Crippen LogP contribution in [-0.2, 0) is 14.4 Å². The zero-order valence-corrected chi connectivity index (χ0v) is 19.3. The molecule has 0 radical (unpaired) electrons. The summed E-state index contributed by atoms with van der Waals surface area (Å²) in [5, 5.41) is 9.88. The SMILES string of the molecule is CC(=O)NCCCC(=O)N1CCCC2(CCN2c2ccc3nccnc3c2)C1.O=C(O)C(F)(F)F. The number of rotatable bonds is 5. The van der Waals surface area contributed by atoms with E-state index in [4.69, 9.17) is 9.90 Å². The van der Waals surface area contributed by atoms with E-state index in [9.17, 15) is 22.8 Å². The Morgan fingerprint density at radius 2 is 1.80 bits per heavy atom. The number of likely N-dealkylation sites (tertiary alicyclic amines) is 1. The molecule has 2 amide bonds. The summed E-state index contributed by atoms with van der Waals surface area (Å²) in [6.07, 6.45) is 2.78. The van der Waals surface area contributed by atoms with Gasteiger partial charge in [-0.05, 0) is 43.9 Å². The fourth-order valence-electron chi connectivity index (χ4n) is 4.47. The first-order chi connectivity index (χ1) is 16.5. The monoisotopic (exact) mass is 495 g/mol. The van der Waals surface area contributed by atoms with Crippen LogP contribution in [0.3, 0.4) is 0 Å². The third-order valence-electron chi connectivity index (χ3n) is 6.23. The maximum absolute atomic E-state index is 12.7. The molecule has 4 rings (SSSR count). The van der Waals surface area contributed by atoms with Crippen LogP contribution < -0.4 is 10.2 Å². The molecule has 0 saturated carbocycles. The van der Waals surface area contributed by atoms with Crippen LogP contribution in [-0.4, -0.2) is 75.7 Å². The van der Waals surface area contributed by atoms with Crippen molar-refractivity contribution < 1.29 is 32.7 Å². The minimum atomic E-state index is -5.08. The largest absolute Gasteiger partial charge is 0.490 e. The molecule has 2 aromatic rings. The summed E-state index contributed by atoms with van der Waals surface area (Å²) in [4.78, 5) is 45.8. The summed E-state index contributed by atoms with van der Waals surface area (Å²) in [5.41, 5.74) is 3.02. The molecule has 12 heteroatoms. The second-order valence-corrected chi connectivity index (χ2v) is 8.66. The molecule has 35 heavy (non-hydrogen) atoms. The number of carbonyl (C=O) groups is 3. The summed E-state index contributed by atoms with van der Waals surface area (Å²) in [6, 6.07) is 6.25. The quantitative estimate of drug-likeness (QED) is 0.613. The van der Waals surface area contributed by atoms with E-state index in [0.717, 1.165) is 49.9 Å². The predicted molar refractivity (Wildman–Crippen MR) is 122 cm³/mol. The molecule has 2 N–H and O–H groups in total. The normalized spacial score (nSPS) is 19.5. The van der Waals surface area contributed by atoms with Gasteiger partial charge in [0.1, 0.15) is 0 Å². The number of hydrogen-bond donors (Lipinski definition) is 2. The smallest absolute Gasteiger partial charge is 0.475 e. The molecule has 2 aliphatic heterocycles. The van der Waals surface area contributed by atoms with Gasteiger partial charge in [-0.2, -0.15) is 13.2 Å². The van der Waals surface area contributed by atoms with E-state index in [2.05, 4.69) is 32.3 Å². The van der Waals surface area contributed by atoms with Gasteiger partial charge in [0.2, 0.25) is 11.8 Å². The van der Waals surface area contributed by atoms with Crippen molar-refractivity contribution in [3.8, 4) is 0 Å². The highest BCUT2D eigenvalue weighted by Gasteiger charge is 2.48. The highest BCUT2D eigenvalue weighted by molar-refractivity contribution is 5.80. The van der Waals surface area contributed by atoms with E-state index in [0.29, 0.717) is 19.4 Å². The summed E-state index contributed by atoms with van der Waals surface area (Å²) >= 11 is 0. The average molecular weight is 496 g/mol. The van der Waals surface area contributed by atoms with Crippen molar-refractivity contribution >= 4 is 34.5 Å². The molecule has 3 heterocycles. The number of carbonyl (C=O) groups excluding carboxylic acids is 2. The summed E-state index contributed by atoms with van der Waals surface area (Å²) in [5.74, 6) is -2.61. The van der Waals surface area contributed by atoms with Crippen LogP contribution in [0.5, 0.6) is 0 Å². The lowest BCUT2D eigenvalue weighted by molar-refractivity contribution is -0.192. The summed E-state index contributed by atoms with van der Waals surface area (Å²) < 4.78 is 31.7. The first-order valence-corrected chi connectivity index (χ1v) is 11.3. The van der Waals surface area contributed by atoms with Gasteiger partial charge in [0.05, 0.1) is 16.6 Å². The molecule has 2 aliphatic rings. The molecular weight excluding hydrogens is 467 g/mol. The number of amides is 2. The van der Waals surface area contributed by atoms with Gasteiger partial charge in [-0.15, -0.1) is 0 Å². The molecule has 0 bridgehead atoms. The number of carboxylic acids is 1. The van der Waals surface area contributed by atoms with E-state index in [1.165, 1.54) is 12.6 Å². The highest BCUT2D eigenvalue weighted by Crippen LogP contribution is 2.42. The highest BCUT2D eigenvalue weighted by atomic mass is 19.4. The molecule has 2 saturated heterocycles. The van der Waals surface area contributed by atoms with E-state index in [1.54, 1.807) is 12.4 Å². The first-order valence-electron chi connectivity index (χ1n) is 11.3. The Balaban J connectivity index is 0.000000429. The molecule has 2 fully saturated rings. The van der Waals surface area contributed by atoms with E-state index in [1.807, 2.05) is 11.0 Å². The van der Waals surface area contributed by atoms with E-state index in [-0.39, 0.29) is 17.4 Å². The van der Waals surface area contributed by atoms with Crippen molar-refractivity contribution in [1.82, 2.24) is 20.2 Å². The van der Waals surface area contributed by atoms with Gasteiger partial charge in [0.15, 0.2) is 0 Å². The minimum absolute atomic E-state index is 0.0431. The van der Waals surface area contributed by atoms with Crippen molar-refractivity contribution in [2.24, 2.45) is 0 Å². The summed E-state index contributed by atoms with van der Waals surface area (Å²) in [7, 11) is 0. The van der Waals surface area contributed by atoms with Gasteiger partial charge >= 0.3 is 12.1 Å². The van der Waals surface area contributed by atoms with Crippen molar-refractivity contribution in [1.29, 1.82) is 0 Å². The number of anilines is 1. The molecular formula is C23H28F3N5O4. The number of nitrogens with one attached hydrogen (secondary N) is 1. The van der Waals surface area contributed by atoms with Gasteiger partial charge in [0, 0.05) is 57.6 Å². The van der Waals surface area contributed by atoms with Crippen molar-refractivity contribution in [2.75, 3.05) is 31.1 Å². The predicted octanol–water partition coefficient (Wildman–Crippen LogP) is 2.75. The number of hydrogen-bond acceptors (Lipinski definition) is 6. The number of carboxylic acid groups (broad SMARTS) is 1. The lowest BCUT2D eigenvalue weighted by atomic mass is 9.77. The van der Waals surface area contributed by atoms with Crippen LogP contribution in [0.1, 0.15) is 39.0 Å². The Hall–Kier alpha value is -3.44. The number of alkyl halides is 3. The third kappa shape index (κ3) is 6.58. The van der Waals surface area contributed by atoms with Crippen LogP contribution in [0, 0.1) is 0 Å². The average Bonchev–Trinajstić information content (AvgIpc) is 2.80. The van der Waals surface area contributed by atoms with Crippen molar-refractivity contribution in [2.45, 2.75) is 50.7 Å². The molecule has 1 unspecified atom stereocenters. The molecule has 1 aromatic heterocycles. The zero-order valence-electron chi connectivity index (χ0n) is 19.3. The van der Waals surface area contributed by atoms with Gasteiger partial charge in [-0.25, -0.2) is 4.79 Å². The van der Waals surface area contributed by atoms with E-state index >= 15 is 0 Å². The van der Waals surface area contributed by atoms with E-state index < -0.39 is 12.1 Å². The summed E-state index contributed by atoms with van der Waals surface area (Å²) in [6.45, 7) is 4.68. The first kappa shape index (κ1) is 26.2. The fourth-order valence-corrected chi connectivity index (χ4v) is 4.47. The Kier molecular flexibility index (Phi) is 8.13. The van der Waals surface area contributed by atoms with Crippen LogP contribution in [0.2, 0.25) is 0 Å². The second kappa shape index (κ2) is 10.9. The van der Waals surface area contributed by atoms with Crippen molar-refractivity contribution in [3.63, 3.8) is 0 Å². The van der Waals surface area contributed by atoms with Crippen LogP contribution in [0.4, 0.5) is 18.9 Å². The molecule has 190 valence electrons. The van der Waals surface area contributed by atoms with Gasteiger partial charge in [-0.3, -0.25) is 19.6 Å². The maximum Gasteiger partial charge on any atom is 0.490 e. The lowest BCUT2D eigenvalue weighted by Gasteiger charge is -2.58. The fraction of sp³-hybridized carbons (Fsp3) is 0.522. The third-order valence-corrected chi connectivity index (χ3v) is 6.23. The van der Waals surface area contributed by atoms with Crippen LogP contribution in [0.15, 0.2) is 30.6 Å². The number of aromatic nitrogens is 2. The van der Waals surface area contributed by atoms with Gasteiger partial charge in [0.25, 0.3) is 0 Å². The number of benzene rings is 1. The Bertz CT molecular complexity index is 1080. The van der Waals surface area contributed by atoms with Crippen molar-refractivity contribution in [3.05, 3.63) is 30.6 Å². The zero-order chi connectivity index (χ0) is 25.6. The lowest BCUT2D eigenvalue weighted by Crippen LogP contribution is -2.67. The number of halogens is 3. The molecule has 0 aliphatic carbocycles. The molecule has 1 atom stereocenters. The Morgan fingerprint density at radius 3 is 2.40 bits per heavy atom. The maximum atomic E-state index is 12.7. The topological polar surface area (TPSA) is 116 Å². The number of fused-ring (bicyclic) bond motifs is 1. The van der Waals surface area contributed by atoms with Crippen LogP contribution in [0.25, 0.3) is 11.0 Å². The molecule has 1 aromatic carbocycles. The number of aliphatic carboxylic acids is 1. The second-order valence-electron chi connectivity index (χ2n) is 8.66. The molecule has 1 spiro atoms. The van der Waals surface area contributed by atoms with Gasteiger partial charge in [-0.1, -0.05) is 0 Å². The Labute approximate surface area is 200 Å². The van der Waals surface area contributed by atoms with Gasteiger partial charge < -0.3 is 20.2 Å². The number of piperidine rings is 1. The standard InChI is InChI=1S/C21H27N5O2.C2HF3O2/c1-16(27)22-9-2-4-20(28)25-12-3-7-21(15-25)8-13-26(21)17-5-6-18-19(14-17)24-11-10-23-18;3-2(4,5)1(6)7/h5-6,10-11,14H,2-4,7-9,12-13,15H2,1H3,(H,22,27);(H,6,7). The molecule has 9 nitrogen and oxygen atoms in total. The minimum Gasteiger partial charge on any atom is -0.475 e.